The van der Waals surface area contributed by atoms with E-state index in [1.807, 2.05) is 0 Å². The number of alkyl carbamates (subject to hydrolysis) is 2. The van der Waals surface area contributed by atoms with Crippen molar-refractivity contribution in [3.63, 3.8) is 0 Å². The molecule has 0 rings (SSSR count). The van der Waals surface area contributed by atoms with Gasteiger partial charge in [0.1, 0.15) is 12.1 Å². The number of nitrogens with one attached hydrogen (secondary N) is 3. The van der Waals surface area contributed by atoms with E-state index in [4.69, 9.17) is 40.7 Å². The Bertz CT molecular complexity index is 991. The third-order valence-electron chi connectivity index (χ3n) is 5.77. The lowest BCUT2D eigenvalue weighted by Gasteiger charge is -2.25. The summed E-state index contributed by atoms with van der Waals surface area (Å²) >= 11 is 0. The summed E-state index contributed by atoms with van der Waals surface area (Å²) in [5.74, 6) is -0.409. The van der Waals surface area contributed by atoms with Gasteiger partial charge in [0.2, 0.25) is 5.91 Å². The molecule has 46 heavy (non-hydrogen) atoms. The molecule has 3 N–H and O–H groups in total. The highest BCUT2D eigenvalue weighted by molar-refractivity contribution is 7.49. The van der Waals surface area contributed by atoms with Gasteiger partial charge in [-0.25, -0.2) is 23.3 Å². The molecule has 0 aromatic heterocycles. The molecule has 3 amide bonds. The maximum atomic E-state index is 13.1. The molecule has 20 nitrogen and oxygen atoms in total. The van der Waals surface area contributed by atoms with Crippen molar-refractivity contribution in [3.8, 4) is 0 Å². The molecule has 0 bridgehead atoms. The van der Waals surface area contributed by atoms with Gasteiger partial charge in [0.15, 0.2) is 0 Å². The van der Waals surface area contributed by atoms with Crippen LogP contribution in [0.1, 0.15) is 38.5 Å². The largest absolute Gasteiger partial charge is 0.474 e. The Balaban J connectivity index is 4.86. The Morgan fingerprint density at radius 1 is 0.587 bits per heavy atom. The van der Waals surface area contributed by atoms with E-state index in [9.17, 15) is 28.1 Å². The number of ether oxygens (including phenoxy) is 2. The number of phosphoric ester groups is 3. The van der Waals surface area contributed by atoms with Crippen LogP contribution < -0.4 is 16.0 Å². The van der Waals surface area contributed by atoms with Crippen LogP contribution in [0.2, 0.25) is 0 Å². The highest BCUT2D eigenvalue weighted by Gasteiger charge is 2.35. The minimum Gasteiger partial charge on any atom is -0.453 e. The van der Waals surface area contributed by atoms with E-state index in [0.717, 1.165) is 35.5 Å². The smallest absolute Gasteiger partial charge is 0.453 e. The lowest BCUT2D eigenvalue weighted by molar-refractivity contribution is -0.123. The summed E-state index contributed by atoms with van der Waals surface area (Å²) in [6, 6.07) is -0.845. The van der Waals surface area contributed by atoms with E-state index in [1.165, 1.54) is 14.2 Å². The predicted octanol–water partition coefficient (Wildman–Crippen LogP) is 3.52. The number of hydrogen-bond donors (Lipinski definition) is 3. The molecule has 23 heteroatoms. The van der Waals surface area contributed by atoms with Gasteiger partial charge < -0.3 is 25.4 Å². The molecule has 0 spiro atoms. The van der Waals surface area contributed by atoms with Crippen molar-refractivity contribution in [3.05, 3.63) is 0 Å². The molecule has 0 fully saturated rings. The third kappa shape index (κ3) is 19.2. The van der Waals surface area contributed by atoms with Crippen LogP contribution >= 0.6 is 23.5 Å². The quantitative estimate of drug-likeness (QED) is 0.0809. The van der Waals surface area contributed by atoms with Gasteiger partial charge in [0.25, 0.3) is 0 Å². The van der Waals surface area contributed by atoms with E-state index >= 15 is 0 Å². The molecular formula is C23H48N3O17P3. The number of amides is 3. The fraction of sp³-hybridized carbons (Fsp3) is 0.870. The zero-order valence-corrected chi connectivity index (χ0v) is 29.9. The number of rotatable bonds is 27. The molecule has 0 saturated heterocycles. The molecule has 0 heterocycles. The predicted molar refractivity (Wildman–Crippen MR) is 161 cm³/mol. The normalized spacial score (nSPS) is 13.9. The van der Waals surface area contributed by atoms with Crippen LogP contribution in [-0.4, -0.2) is 113 Å². The summed E-state index contributed by atoms with van der Waals surface area (Å²) in [6.45, 7) is -0.603. The van der Waals surface area contributed by atoms with Crippen LogP contribution in [-0.2, 0) is 68.7 Å². The molecule has 0 aromatic carbocycles. The van der Waals surface area contributed by atoms with E-state index in [0.29, 0.717) is 45.1 Å². The molecular weight excluding hydrogens is 683 g/mol. The van der Waals surface area contributed by atoms with Gasteiger partial charge in [0, 0.05) is 48.6 Å². The summed E-state index contributed by atoms with van der Waals surface area (Å²) in [4.78, 5) is 35.4. The Hall–Kier alpha value is -1.66. The first kappa shape index (κ1) is 44.3. The summed E-state index contributed by atoms with van der Waals surface area (Å²) in [6.07, 6.45) is 0.175. The van der Waals surface area contributed by atoms with Crippen molar-refractivity contribution in [1.82, 2.24) is 16.0 Å². The molecule has 0 saturated carbocycles. The van der Waals surface area contributed by atoms with Crippen molar-refractivity contribution in [2.24, 2.45) is 0 Å². The van der Waals surface area contributed by atoms with Crippen molar-refractivity contribution in [2.45, 2.75) is 50.7 Å². The third-order valence-corrected chi connectivity index (χ3v) is 9.99. The fourth-order valence-electron chi connectivity index (χ4n) is 3.25. The van der Waals surface area contributed by atoms with Crippen LogP contribution in [0.5, 0.6) is 0 Å². The summed E-state index contributed by atoms with van der Waals surface area (Å²) in [7, 11) is -4.32. The highest BCUT2D eigenvalue weighted by atomic mass is 31.2. The lowest BCUT2D eigenvalue weighted by Crippen LogP contribution is -2.47. The zero-order valence-electron chi connectivity index (χ0n) is 27.2. The number of unbranched alkanes of at least 4 members (excludes halogenated alkanes) is 3. The van der Waals surface area contributed by atoms with E-state index in [1.54, 1.807) is 0 Å². The molecule has 0 aliphatic rings. The first-order valence-corrected chi connectivity index (χ1v) is 18.3. The van der Waals surface area contributed by atoms with Crippen LogP contribution in [0.25, 0.3) is 0 Å². The van der Waals surface area contributed by atoms with Crippen LogP contribution in [0.15, 0.2) is 0 Å². The molecule has 0 radical (unpaired) electrons. The molecule has 272 valence electrons. The van der Waals surface area contributed by atoms with E-state index in [2.05, 4.69) is 25.4 Å². The zero-order chi connectivity index (χ0) is 35.1. The second-order valence-electron chi connectivity index (χ2n) is 8.86. The molecule has 2 atom stereocenters. The first-order chi connectivity index (χ1) is 21.8. The standard InChI is InChI=1S/C23H48N3O17P3/c1-33-22(28)25-15-11-9-13-20(26-23(29)34-2)21(27)24-14-10-8-12-16-40-46(32,39-7)43-19(17-41-44(30,35-3)36-4)18-42-45(31,37-5)38-6/h19-20H,8-18H2,1-7H3,(H,24,27)(H,25,28)(H,26,29). The fourth-order valence-corrected chi connectivity index (χ4v) is 5.76. The van der Waals surface area contributed by atoms with E-state index in [-0.39, 0.29) is 13.2 Å². The topological polar surface area (TPSA) is 240 Å². The van der Waals surface area contributed by atoms with Crippen molar-refractivity contribution < 1.29 is 78.3 Å². The minimum atomic E-state index is -4.23. The monoisotopic (exact) mass is 731 g/mol. The summed E-state index contributed by atoms with van der Waals surface area (Å²) in [5, 5.41) is 7.75. The average Bonchev–Trinajstić information content (AvgIpc) is 3.07. The van der Waals surface area contributed by atoms with Crippen LogP contribution in [0, 0.1) is 0 Å². The highest BCUT2D eigenvalue weighted by Crippen LogP contribution is 2.53. The maximum absolute atomic E-state index is 13.1. The van der Waals surface area contributed by atoms with Gasteiger partial charge in [-0.2, -0.15) is 0 Å². The maximum Gasteiger partial charge on any atom is 0.474 e. The average molecular weight is 732 g/mol. The number of hydrogen-bond acceptors (Lipinski definition) is 17. The van der Waals surface area contributed by atoms with Crippen molar-refractivity contribution in [2.75, 3.05) is 82.7 Å². The van der Waals surface area contributed by atoms with Gasteiger partial charge >= 0.3 is 35.7 Å². The Kier molecular flexibility index (Phi) is 23.6. The SMILES string of the molecule is COC(=O)NCCCCC(NC(=O)OC)C(=O)NCCCCCOP(=O)(OC)OC(COP(=O)(OC)OC)COP(=O)(OC)OC. The number of phosphoric acid groups is 3. The molecule has 0 aromatic rings. The number of carbonyl (C=O) groups excluding carboxylic acids is 3. The van der Waals surface area contributed by atoms with Crippen LogP contribution in [0.4, 0.5) is 9.59 Å². The minimum absolute atomic E-state index is 0.0805. The Labute approximate surface area is 269 Å². The Morgan fingerprint density at radius 3 is 1.59 bits per heavy atom. The lowest BCUT2D eigenvalue weighted by atomic mass is 10.1. The van der Waals surface area contributed by atoms with Crippen molar-refractivity contribution >= 4 is 41.6 Å². The second-order valence-corrected chi connectivity index (χ2v) is 14.4. The summed E-state index contributed by atoms with van der Waals surface area (Å²) in [5.41, 5.74) is 0. The second kappa shape index (κ2) is 24.5. The molecule has 0 aliphatic heterocycles. The van der Waals surface area contributed by atoms with Gasteiger partial charge in [0.05, 0.1) is 34.0 Å². The summed E-state index contributed by atoms with van der Waals surface area (Å²) < 4.78 is 91.4. The molecule has 2 unspecified atom stereocenters. The van der Waals surface area contributed by atoms with E-state index < -0.39 is 66.9 Å². The van der Waals surface area contributed by atoms with Crippen LogP contribution in [0.3, 0.4) is 0 Å². The Morgan fingerprint density at radius 2 is 1.09 bits per heavy atom. The van der Waals surface area contributed by atoms with Gasteiger partial charge in [-0.3, -0.25) is 45.5 Å². The van der Waals surface area contributed by atoms with Crippen molar-refractivity contribution in [1.29, 1.82) is 0 Å². The van der Waals surface area contributed by atoms with Gasteiger partial charge in [-0.1, -0.05) is 0 Å². The first-order valence-electron chi connectivity index (χ1n) is 13.9. The number of methoxy groups -OCH3 is 2. The number of carbonyl (C=O) groups is 3. The van der Waals surface area contributed by atoms with Gasteiger partial charge in [-0.15, -0.1) is 0 Å². The van der Waals surface area contributed by atoms with Gasteiger partial charge in [-0.05, 0) is 38.5 Å². The molecule has 0 aliphatic carbocycles.